The third-order valence-electron chi connectivity index (χ3n) is 2.78. The lowest BCUT2D eigenvalue weighted by atomic mass is 10.1. The largest absolute Gasteiger partial charge is 0.497 e. The molecular formula is C16H14N2O2. The molecule has 1 aromatic carbocycles. The average molecular weight is 266 g/mol. The maximum atomic E-state index is 9.29. The van der Waals surface area contributed by atoms with Gasteiger partial charge in [-0.05, 0) is 29.8 Å². The minimum absolute atomic E-state index is 0.536. The van der Waals surface area contributed by atoms with Crippen molar-refractivity contribution in [2.24, 2.45) is 0 Å². The summed E-state index contributed by atoms with van der Waals surface area (Å²) in [4.78, 5) is 4.02. The van der Waals surface area contributed by atoms with Gasteiger partial charge in [-0.2, -0.15) is 5.26 Å². The van der Waals surface area contributed by atoms with Crippen LogP contribution in [0, 0.1) is 11.3 Å². The van der Waals surface area contributed by atoms with E-state index in [4.69, 9.17) is 9.47 Å². The van der Waals surface area contributed by atoms with Gasteiger partial charge in [-0.3, -0.25) is 4.98 Å². The summed E-state index contributed by atoms with van der Waals surface area (Å²) < 4.78 is 10.4. The van der Waals surface area contributed by atoms with Crippen molar-refractivity contribution >= 4 is 11.6 Å². The van der Waals surface area contributed by atoms with Crippen molar-refractivity contribution in [1.82, 2.24) is 4.98 Å². The minimum Gasteiger partial charge on any atom is -0.497 e. The lowest BCUT2D eigenvalue weighted by Gasteiger charge is -2.06. The molecule has 0 spiro atoms. The highest BCUT2D eigenvalue weighted by Crippen LogP contribution is 2.25. The Bertz CT molecular complexity index is 636. The van der Waals surface area contributed by atoms with E-state index in [0.29, 0.717) is 17.1 Å². The number of aromatic nitrogens is 1. The molecule has 4 heteroatoms. The number of hydrogen-bond acceptors (Lipinski definition) is 4. The summed E-state index contributed by atoms with van der Waals surface area (Å²) in [5.74, 6) is 1.36. The third-order valence-corrected chi connectivity index (χ3v) is 2.78. The standard InChI is InChI=1S/C16H14N2O2/c1-19-15-7-12(8-16(9-15)20-2)6-14(10-17)13-4-3-5-18-11-13/h3-9,11H,1-2H3/b14-6+. The molecule has 2 rings (SSSR count). The second-order valence-corrected chi connectivity index (χ2v) is 4.06. The SMILES string of the molecule is COc1cc(/C=C(\C#N)c2cccnc2)cc(OC)c1. The van der Waals surface area contributed by atoms with E-state index in [1.54, 1.807) is 44.8 Å². The number of nitrogens with zero attached hydrogens (tertiary/aromatic N) is 2. The summed E-state index contributed by atoms with van der Waals surface area (Å²) >= 11 is 0. The van der Waals surface area contributed by atoms with E-state index in [2.05, 4.69) is 11.1 Å². The predicted molar refractivity (Wildman–Crippen MR) is 77.3 cm³/mol. The van der Waals surface area contributed by atoms with Gasteiger partial charge in [0.2, 0.25) is 0 Å². The van der Waals surface area contributed by atoms with E-state index in [1.165, 1.54) is 0 Å². The molecule has 4 nitrogen and oxygen atoms in total. The molecule has 0 radical (unpaired) electrons. The van der Waals surface area contributed by atoms with Gasteiger partial charge in [0.1, 0.15) is 11.5 Å². The Balaban J connectivity index is 2.45. The quantitative estimate of drug-likeness (QED) is 0.798. The van der Waals surface area contributed by atoms with E-state index in [0.717, 1.165) is 11.1 Å². The van der Waals surface area contributed by atoms with Crippen molar-refractivity contribution in [2.45, 2.75) is 0 Å². The zero-order valence-corrected chi connectivity index (χ0v) is 11.3. The first kappa shape index (κ1) is 13.6. The highest BCUT2D eigenvalue weighted by molar-refractivity contribution is 5.89. The molecule has 0 bridgehead atoms. The average Bonchev–Trinajstić information content (AvgIpc) is 2.53. The molecule has 0 fully saturated rings. The van der Waals surface area contributed by atoms with Crippen LogP contribution in [0.1, 0.15) is 11.1 Å². The molecule has 1 heterocycles. The van der Waals surface area contributed by atoms with Crippen molar-refractivity contribution in [1.29, 1.82) is 5.26 Å². The fraction of sp³-hybridized carbons (Fsp3) is 0.125. The number of nitriles is 1. The molecule has 0 atom stereocenters. The predicted octanol–water partition coefficient (Wildman–Crippen LogP) is 3.16. The lowest BCUT2D eigenvalue weighted by molar-refractivity contribution is 0.394. The van der Waals surface area contributed by atoms with Gasteiger partial charge in [0.15, 0.2) is 0 Å². The molecule has 0 saturated heterocycles. The molecule has 0 unspecified atom stereocenters. The van der Waals surface area contributed by atoms with Gasteiger partial charge < -0.3 is 9.47 Å². The van der Waals surface area contributed by atoms with E-state index < -0.39 is 0 Å². The summed E-state index contributed by atoms with van der Waals surface area (Å²) in [6.07, 6.45) is 5.11. The van der Waals surface area contributed by atoms with Gasteiger partial charge in [-0.1, -0.05) is 6.07 Å². The van der Waals surface area contributed by atoms with Crippen LogP contribution in [0.25, 0.3) is 11.6 Å². The topological polar surface area (TPSA) is 55.1 Å². The highest BCUT2D eigenvalue weighted by atomic mass is 16.5. The summed E-state index contributed by atoms with van der Waals surface area (Å²) in [7, 11) is 3.18. The van der Waals surface area contributed by atoms with Crippen LogP contribution in [-0.2, 0) is 0 Å². The Morgan fingerprint density at radius 1 is 1.20 bits per heavy atom. The summed E-state index contributed by atoms with van der Waals surface area (Å²) in [6.45, 7) is 0. The Hall–Kier alpha value is -2.80. The minimum atomic E-state index is 0.536. The van der Waals surface area contributed by atoms with E-state index in [1.807, 2.05) is 18.2 Å². The van der Waals surface area contributed by atoms with Crippen molar-refractivity contribution in [2.75, 3.05) is 14.2 Å². The van der Waals surface area contributed by atoms with Crippen molar-refractivity contribution in [3.63, 3.8) is 0 Å². The fourth-order valence-corrected chi connectivity index (χ4v) is 1.78. The van der Waals surface area contributed by atoms with Gasteiger partial charge in [-0.25, -0.2) is 0 Å². The third kappa shape index (κ3) is 3.15. The van der Waals surface area contributed by atoms with Gasteiger partial charge in [0.05, 0.1) is 25.9 Å². The molecule has 20 heavy (non-hydrogen) atoms. The second-order valence-electron chi connectivity index (χ2n) is 4.06. The van der Waals surface area contributed by atoms with Crippen LogP contribution in [0.4, 0.5) is 0 Å². The first-order valence-electron chi connectivity index (χ1n) is 6.02. The van der Waals surface area contributed by atoms with Crippen LogP contribution in [0.15, 0.2) is 42.7 Å². The maximum absolute atomic E-state index is 9.29. The second kappa shape index (κ2) is 6.39. The number of methoxy groups -OCH3 is 2. The molecule has 1 aromatic heterocycles. The molecule has 0 aliphatic carbocycles. The summed E-state index contributed by atoms with van der Waals surface area (Å²) in [5, 5.41) is 9.29. The van der Waals surface area contributed by atoms with Crippen LogP contribution < -0.4 is 9.47 Å². The monoisotopic (exact) mass is 266 g/mol. The maximum Gasteiger partial charge on any atom is 0.123 e. The van der Waals surface area contributed by atoms with Crippen LogP contribution in [0.3, 0.4) is 0 Å². The number of benzene rings is 1. The molecule has 0 N–H and O–H groups in total. The van der Waals surface area contributed by atoms with E-state index in [-0.39, 0.29) is 0 Å². The molecule has 100 valence electrons. The Labute approximate surface area is 117 Å². The first-order chi connectivity index (χ1) is 9.76. The Morgan fingerprint density at radius 2 is 1.90 bits per heavy atom. The van der Waals surface area contributed by atoms with Gasteiger partial charge in [0.25, 0.3) is 0 Å². The van der Waals surface area contributed by atoms with Crippen LogP contribution in [0.2, 0.25) is 0 Å². The molecule has 2 aromatic rings. The number of hydrogen-bond donors (Lipinski definition) is 0. The molecule has 0 aliphatic rings. The molecule has 0 saturated carbocycles. The van der Waals surface area contributed by atoms with Gasteiger partial charge in [-0.15, -0.1) is 0 Å². The molecule has 0 aliphatic heterocycles. The fourth-order valence-electron chi connectivity index (χ4n) is 1.78. The summed E-state index contributed by atoms with van der Waals surface area (Å²) in [6, 6.07) is 11.3. The zero-order valence-electron chi connectivity index (χ0n) is 11.3. The van der Waals surface area contributed by atoms with Gasteiger partial charge >= 0.3 is 0 Å². The zero-order chi connectivity index (χ0) is 14.4. The number of ether oxygens (including phenoxy) is 2. The first-order valence-corrected chi connectivity index (χ1v) is 6.02. The van der Waals surface area contributed by atoms with Gasteiger partial charge in [0, 0.05) is 24.0 Å². The molecular weight excluding hydrogens is 252 g/mol. The molecule has 0 amide bonds. The van der Waals surface area contributed by atoms with Crippen LogP contribution >= 0.6 is 0 Å². The highest BCUT2D eigenvalue weighted by Gasteiger charge is 2.04. The van der Waals surface area contributed by atoms with Crippen molar-refractivity contribution in [3.05, 3.63) is 53.9 Å². The van der Waals surface area contributed by atoms with E-state index >= 15 is 0 Å². The Kier molecular flexibility index (Phi) is 4.35. The van der Waals surface area contributed by atoms with E-state index in [9.17, 15) is 5.26 Å². The lowest BCUT2D eigenvalue weighted by Crippen LogP contribution is -1.89. The van der Waals surface area contributed by atoms with Crippen molar-refractivity contribution in [3.8, 4) is 17.6 Å². The van der Waals surface area contributed by atoms with Crippen LogP contribution in [0.5, 0.6) is 11.5 Å². The normalized spacial score (nSPS) is 10.8. The smallest absolute Gasteiger partial charge is 0.123 e. The number of rotatable bonds is 4. The van der Waals surface area contributed by atoms with Crippen molar-refractivity contribution < 1.29 is 9.47 Å². The number of allylic oxidation sites excluding steroid dienone is 1. The summed E-state index contributed by atoms with van der Waals surface area (Å²) in [5.41, 5.74) is 2.15. The number of pyridine rings is 1. The Morgan fingerprint density at radius 3 is 2.40 bits per heavy atom. The van der Waals surface area contributed by atoms with Crippen LogP contribution in [-0.4, -0.2) is 19.2 Å².